The molecule has 9 nitrogen and oxygen atoms in total. The van der Waals surface area contributed by atoms with Crippen molar-refractivity contribution in [3.63, 3.8) is 0 Å². The lowest BCUT2D eigenvalue weighted by Crippen LogP contribution is -2.61. The number of hydrogen-bond acceptors (Lipinski definition) is 7. The first-order valence-corrected chi connectivity index (χ1v) is 10.3. The molecule has 0 aromatic heterocycles. The number of nitrogens with zero attached hydrogens (tertiary/aromatic N) is 1. The van der Waals surface area contributed by atoms with Crippen LogP contribution in [-0.2, 0) is 20.9 Å². The quantitative estimate of drug-likeness (QED) is 0.402. The van der Waals surface area contributed by atoms with E-state index in [1.165, 1.54) is 12.1 Å². The third-order valence-electron chi connectivity index (χ3n) is 6.05. The average Bonchev–Trinajstić information content (AvgIpc) is 3.10. The maximum atomic E-state index is 13.8. The predicted octanol–water partition coefficient (Wildman–Crippen LogP) is 2.83. The van der Waals surface area contributed by atoms with Crippen LogP contribution >= 0.6 is 0 Å². The maximum Gasteiger partial charge on any atom is 0.288 e. The number of Topliss-reactive ketones (excluding diaryl/α,β-unsaturated/α-hetero) is 2. The summed E-state index contributed by atoms with van der Waals surface area (Å²) in [6.07, 6.45) is 0.357. The van der Waals surface area contributed by atoms with E-state index in [9.17, 15) is 29.6 Å². The molecule has 9 heteroatoms. The monoisotopic (exact) mass is 438 g/mol. The molecule has 2 aromatic carbocycles. The molecule has 1 heterocycles. The molecule has 2 atom stereocenters. The van der Waals surface area contributed by atoms with Gasteiger partial charge in [-0.3, -0.25) is 24.5 Å². The van der Waals surface area contributed by atoms with E-state index in [1.54, 1.807) is 25.1 Å². The van der Waals surface area contributed by atoms with E-state index in [1.807, 2.05) is 13.8 Å². The molecule has 166 valence electrons. The standard InChI is InChI=1S/C23H22N2O7/c1-4-6-17(26)21(28)24-22-14-10-9-13(12(2)3)11-18(14)32-23(22,29)15-7-5-8-16(25(30)31)19(15)20(22)27/h5,7-12,29H,4,6H2,1-3H3,(H,24,28). The number of amides is 1. The minimum atomic E-state index is -2.45. The van der Waals surface area contributed by atoms with E-state index >= 15 is 0 Å². The molecule has 1 aliphatic carbocycles. The molecule has 2 aliphatic rings. The van der Waals surface area contributed by atoms with Gasteiger partial charge in [0.05, 0.1) is 4.92 Å². The van der Waals surface area contributed by atoms with Gasteiger partial charge in [0.2, 0.25) is 17.1 Å². The van der Waals surface area contributed by atoms with E-state index in [4.69, 9.17) is 4.74 Å². The van der Waals surface area contributed by atoms with Crippen molar-refractivity contribution in [2.75, 3.05) is 0 Å². The van der Waals surface area contributed by atoms with Crippen LogP contribution in [0.15, 0.2) is 36.4 Å². The Morgan fingerprint density at radius 3 is 2.56 bits per heavy atom. The lowest BCUT2D eigenvalue weighted by atomic mass is 9.82. The van der Waals surface area contributed by atoms with E-state index < -0.39 is 39.4 Å². The highest BCUT2D eigenvalue weighted by Gasteiger charge is 2.73. The number of carbonyl (C=O) groups excluding carboxylic acids is 3. The van der Waals surface area contributed by atoms with Crippen LogP contribution in [0, 0.1) is 10.1 Å². The Bertz CT molecular complexity index is 1190. The first-order valence-electron chi connectivity index (χ1n) is 10.3. The largest absolute Gasteiger partial charge is 0.454 e. The van der Waals surface area contributed by atoms with Crippen molar-refractivity contribution >= 4 is 23.2 Å². The Morgan fingerprint density at radius 2 is 1.94 bits per heavy atom. The van der Waals surface area contributed by atoms with Crippen LogP contribution in [0.5, 0.6) is 5.75 Å². The SMILES string of the molecule is CCCC(=O)C(=O)NC12C(=O)c3c([N+](=O)[O-])cccc3C1(O)Oc1cc(C(C)C)ccc12. The second kappa shape index (κ2) is 7.23. The van der Waals surface area contributed by atoms with Gasteiger partial charge in [0.15, 0.2) is 0 Å². The van der Waals surface area contributed by atoms with Gasteiger partial charge in [0.25, 0.3) is 17.4 Å². The number of nitrogens with one attached hydrogen (secondary N) is 1. The highest BCUT2D eigenvalue weighted by molar-refractivity contribution is 6.37. The third-order valence-corrected chi connectivity index (χ3v) is 6.05. The summed E-state index contributed by atoms with van der Waals surface area (Å²) < 4.78 is 5.87. The van der Waals surface area contributed by atoms with Gasteiger partial charge < -0.3 is 15.2 Å². The number of nitro benzene ring substituents is 1. The molecule has 2 aromatic rings. The molecule has 1 aliphatic heterocycles. The zero-order valence-corrected chi connectivity index (χ0v) is 17.8. The first kappa shape index (κ1) is 21.6. The summed E-state index contributed by atoms with van der Waals surface area (Å²) in [5, 5.41) is 25.7. The van der Waals surface area contributed by atoms with Gasteiger partial charge in [-0.2, -0.15) is 0 Å². The van der Waals surface area contributed by atoms with Gasteiger partial charge in [-0.25, -0.2) is 0 Å². The van der Waals surface area contributed by atoms with Crippen molar-refractivity contribution in [1.29, 1.82) is 0 Å². The summed E-state index contributed by atoms with van der Waals surface area (Å²) in [5.74, 6) is -4.93. The lowest BCUT2D eigenvalue weighted by molar-refractivity contribution is -0.385. The number of aliphatic hydroxyl groups is 1. The fourth-order valence-corrected chi connectivity index (χ4v) is 4.43. The van der Waals surface area contributed by atoms with Crippen molar-refractivity contribution in [2.45, 2.75) is 50.9 Å². The van der Waals surface area contributed by atoms with Gasteiger partial charge >= 0.3 is 0 Å². The van der Waals surface area contributed by atoms with Crippen LogP contribution in [0.25, 0.3) is 0 Å². The van der Waals surface area contributed by atoms with Crippen LogP contribution in [0.3, 0.4) is 0 Å². The smallest absolute Gasteiger partial charge is 0.288 e. The van der Waals surface area contributed by atoms with Crippen molar-refractivity contribution in [3.05, 3.63) is 68.8 Å². The topological polar surface area (TPSA) is 136 Å². The minimum absolute atomic E-state index is 0.0539. The molecule has 0 radical (unpaired) electrons. The average molecular weight is 438 g/mol. The van der Waals surface area contributed by atoms with Gasteiger partial charge in [0, 0.05) is 23.6 Å². The zero-order valence-electron chi connectivity index (χ0n) is 17.8. The number of rotatable bonds is 6. The molecule has 0 saturated heterocycles. The van der Waals surface area contributed by atoms with Gasteiger partial charge in [-0.15, -0.1) is 0 Å². The van der Waals surface area contributed by atoms with E-state index in [0.717, 1.165) is 11.6 Å². The normalized spacial score (nSPS) is 22.7. The maximum absolute atomic E-state index is 13.8. The third kappa shape index (κ3) is 2.70. The Labute approximate surface area is 183 Å². The van der Waals surface area contributed by atoms with Gasteiger partial charge in [0.1, 0.15) is 11.3 Å². The number of fused-ring (bicyclic) bond motifs is 5. The fraction of sp³-hybridized carbons (Fsp3) is 0.348. The van der Waals surface area contributed by atoms with E-state index in [2.05, 4.69) is 5.32 Å². The van der Waals surface area contributed by atoms with Crippen molar-refractivity contribution in [1.82, 2.24) is 5.32 Å². The second-order valence-corrected chi connectivity index (χ2v) is 8.32. The van der Waals surface area contributed by atoms with Crippen molar-refractivity contribution < 1.29 is 29.2 Å². The van der Waals surface area contributed by atoms with Gasteiger partial charge in [-0.05, 0) is 24.0 Å². The predicted molar refractivity (Wildman–Crippen MR) is 112 cm³/mol. The Hall–Kier alpha value is -3.59. The Kier molecular flexibility index (Phi) is 4.89. The van der Waals surface area contributed by atoms with Crippen LogP contribution in [-0.4, -0.2) is 27.5 Å². The summed E-state index contributed by atoms with van der Waals surface area (Å²) in [6.45, 7) is 5.63. The van der Waals surface area contributed by atoms with Crippen LogP contribution < -0.4 is 10.1 Å². The van der Waals surface area contributed by atoms with E-state index in [-0.39, 0.29) is 34.8 Å². The highest BCUT2D eigenvalue weighted by Crippen LogP contribution is 2.59. The van der Waals surface area contributed by atoms with Crippen LogP contribution in [0.2, 0.25) is 0 Å². The molecule has 32 heavy (non-hydrogen) atoms. The number of hydrogen-bond donors (Lipinski definition) is 2. The van der Waals surface area contributed by atoms with Gasteiger partial charge in [-0.1, -0.05) is 45.0 Å². The second-order valence-electron chi connectivity index (χ2n) is 8.32. The fourth-order valence-electron chi connectivity index (χ4n) is 4.43. The van der Waals surface area contributed by atoms with Crippen LogP contribution in [0.1, 0.15) is 66.6 Å². The minimum Gasteiger partial charge on any atom is -0.454 e. The van der Waals surface area contributed by atoms with Crippen LogP contribution in [0.4, 0.5) is 5.69 Å². The molecule has 2 N–H and O–H groups in total. The molecule has 0 bridgehead atoms. The lowest BCUT2D eigenvalue weighted by Gasteiger charge is -2.34. The molecule has 0 spiro atoms. The molecule has 4 rings (SSSR count). The van der Waals surface area contributed by atoms with E-state index in [0.29, 0.717) is 6.42 Å². The molecular formula is C23H22N2O7. The summed E-state index contributed by atoms with van der Waals surface area (Å²) in [7, 11) is 0. The zero-order chi connectivity index (χ0) is 23.4. The summed E-state index contributed by atoms with van der Waals surface area (Å²) >= 11 is 0. The van der Waals surface area contributed by atoms with Crippen molar-refractivity contribution in [3.8, 4) is 5.75 Å². The number of ether oxygens (including phenoxy) is 1. The molecule has 0 fully saturated rings. The molecule has 0 saturated carbocycles. The first-order chi connectivity index (χ1) is 15.1. The molecule has 1 amide bonds. The summed E-state index contributed by atoms with van der Waals surface area (Å²) in [5.41, 5.74) is -2.25. The highest BCUT2D eigenvalue weighted by atomic mass is 16.6. The number of benzene rings is 2. The molecule has 2 unspecified atom stereocenters. The number of nitro groups is 1. The summed E-state index contributed by atoms with van der Waals surface area (Å²) in [6, 6.07) is 8.74. The molecular weight excluding hydrogens is 416 g/mol. The Morgan fingerprint density at radius 1 is 1.22 bits per heavy atom. The summed E-state index contributed by atoms with van der Waals surface area (Å²) in [4.78, 5) is 49.7. The van der Waals surface area contributed by atoms with Crippen molar-refractivity contribution in [2.24, 2.45) is 0 Å². The Balaban J connectivity index is 1.97. The number of ketones is 2. The number of carbonyl (C=O) groups is 3.